The summed E-state index contributed by atoms with van der Waals surface area (Å²) in [5, 5.41) is 4.95. The molecule has 7 nitrogen and oxygen atoms in total. The Bertz CT molecular complexity index is 1420. The first-order valence-electron chi connectivity index (χ1n) is 10.5. The van der Waals surface area contributed by atoms with E-state index in [-0.39, 0.29) is 22.0 Å². The largest absolute Gasteiger partial charge is 0.337 e. The van der Waals surface area contributed by atoms with Crippen molar-refractivity contribution in [3.8, 4) is 16.9 Å². The van der Waals surface area contributed by atoms with Crippen molar-refractivity contribution < 1.29 is 13.2 Å². The highest BCUT2D eigenvalue weighted by Crippen LogP contribution is 2.26. The number of aromatic nitrogens is 2. The second-order valence-corrected chi connectivity index (χ2v) is 9.95. The second-order valence-electron chi connectivity index (χ2n) is 7.66. The van der Waals surface area contributed by atoms with E-state index < -0.39 is 15.9 Å². The summed E-state index contributed by atoms with van der Waals surface area (Å²) >= 11 is 6.26. The van der Waals surface area contributed by atoms with Crippen LogP contribution in [0.2, 0.25) is 5.02 Å². The van der Waals surface area contributed by atoms with Crippen LogP contribution < -0.4 is 4.72 Å². The molecule has 1 aromatic heterocycles. The lowest BCUT2D eigenvalue weighted by molar-refractivity contribution is 0.0785. The van der Waals surface area contributed by atoms with Crippen molar-refractivity contribution in [2.24, 2.45) is 0 Å². The fraction of sp³-hybridized carbons (Fsp3) is 0.120. The van der Waals surface area contributed by atoms with Gasteiger partial charge in [0.1, 0.15) is 0 Å². The zero-order valence-corrected chi connectivity index (χ0v) is 20.2. The Morgan fingerprint density at radius 2 is 1.68 bits per heavy atom. The third-order valence-electron chi connectivity index (χ3n) is 5.36. The minimum absolute atomic E-state index is 0.0296. The number of amides is 1. The van der Waals surface area contributed by atoms with Gasteiger partial charge in [-0.1, -0.05) is 60.1 Å². The number of carbonyl (C=O) groups is 1. The monoisotopic (exact) mass is 494 g/mol. The van der Waals surface area contributed by atoms with Gasteiger partial charge in [0.2, 0.25) is 10.0 Å². The predicted octanol–water partition coefficient (Wildman–Crippen LogP) is 4.37. The molecule has 0 bridgehead atoms. The number of carbonyl (C=O) groups excluding carboxylic acids is 1. The maximum Gasteiger partial charge on any atom is 0.255 e. The highest BCUT2D eigenvalue weighted by molar-refractivity contribution is 7.89. The first-order chi connectivity index (χ1) is 16.3. The van der Waals surface area contributed by atoms with Gasteiger partial charge in [-0.3, -0.25) is 4.79 Å². The van der Waals surface area contributed by atoms with Gasteiger partial charge in [-0.2, -0.15) is 5.10 Å². The van der Waals surface area contributed by atoms with E-state index in [1.807, 2.05) is 66.9 Å². The molecule has 0 atom stereocenters. The van der Waals surface area contributed by atoms with E-state index in [0.717, 1.165) is 22.5 Å². The van der Waals surface area contributed by atoms with Crippen molar-refractivity contribution in [2.75, 3.05) is 14.1 Å². The zero-order valence-electron chi connectivity index (χ0n) is 18.6. The average Bonchev–Trinajstić information content (AvgIpc) is 3.28. The van der Waals surface area contributed by atoms with Crippen LogP contribution in [0, 0.1) is 0 Å². The molecule has 0 spiro atoms. The number of benzene rings is 3. The number of nitrogens with one attached hydrogen (secondary N) is 1. The summed E-state index contributed by atoms with van der Waals surface area (Å²) in [5.74, 6) is -0.398. The zero-order chi connectivity index (χ0) is 24.3. The van der Waals surface area contributed by atoms with E-state index in [9.17, 15) is 13.2 Å². The van der Waals surface area contributed by atoms with Gasteiger partial charge < -0.3 is 4.90 Å². The molecule has 4 aromatic rings. The average molecular weight is 495 g/mol. The van der Waals surface area contributed by atoms with Gasteiger partial charge in [0, 0.05) is 30.9 Å². The van der Waals surface area contributed by atoms with Gasteiger partial charge >= 0.3 is 0 Å². The van der Waals surface area contributed by atoms with Gasteiger partial charge in [0.25, 0.3) is 5.91 Å². The fourth-order valence-corrected chi connectivity index (χ4v) is 4.52. The Balaban J connectivity index is 1.69. The van der Waals surface area contributed by atoms with E-state index in [4.69, 9.17) is 16.7 Å². The van der Waals surface area contributed by atoms with E-state index in [1.54, 1.807) is 11.7 Å². The van der Waals surface area contributed by atoms with Crippen molar-refractivity contribution in [3.05, 3.63) is 101 Å². The first-order valence-corrected chi connectivity index (χ1v) is 12.3. The molecule has 174 valence electrons. The van der Waals surface area contributed by atoms with Crippen molar-refractivity contribution in [3.63, 3.8) is 0 Å². The molecule has 0 saturated carbocycles. The Kier molecular flexibility index (Phi) is 6.83. The summed E-state index contributed by atoms with van der Waals surface area (Å²) in [5.41, 5.74) is 3.51. The van der Waals surface area contributed by atoms with Crippen molar-refractivity contribution in [2.45, 2.75) is 11.4 Å². The fourth-order valence-electron chi connectivity index (χ4n) is 3.56. The Morgan fingerprint density at radius 1 is 1.03 bits per heavy atom. The van der Waals surface area contributed by atoms with E-state index in [1.165, 1.54) is 30.1 Å². The van der Waals surface area contributed by atoms with Crippen molar-refractivity contribution in [1.82, 2.24) is 19.4 Å². The summed E-state index contributed by atoms with van der Waals surface area (Å²) in [7, 11) is -0.760. The Hall–Kier alpha value is -3.46. The topological polar surface area (TPSA) is 84.3 Å². The lowest BCUT2D eigenvalue weighted by Crippen LogP contribution is -2.27. The quantitative estimate of drug-likeness (QED) is 0.413. The van der Waals surface area contributed by atoms with Gasteiger partial charge in [-0.05, 0) is 37.4 Å². The second kappa shape index (κ2) is 9.80. The molecule has 0 aliphatic carbocycles. The number of sulfonamides is 1. The van der Waals surface area contributed by atoms with Crippen LogP contribution in [0.25, 0.3) is 16.9 Å². The minimum Gasteiger partial charge on any atom is -0.337 e. The van der Waals surface area contributed by atoms with Crippen LogP contribution in [0.1, 0.15) is 15.9 Å². The molecule has 1 amide bonds. The molecule has 0 unspecified atom stereocenters. The number of hydrogen-bond acceptors (Lipinski definition) is 4. The molecule has 0 saturated heterocycles. The van der Waals surface area contributed by atoms with Crippen LogP contribution in [0.3, 0.4) is 0 Å². The summed E-state index contributed by atoms with van der Waals surface area (Å²) in [6.07, 6.45) is 1.89. The molecular weight excluding hydrogens is 472 g/mol. The molecule has 34 heavy (non-hydrogen) atoms. The van der Waals surface area contributed by atoms with Gasteiger partial charge in [0.15, 0.2) is 0 Å². The number of hydrogen-bond donors (Lipinski definition) is 1. The molecule has 0 aliphatic heterocycles. The van der Waals surface area contributed by atoms with Gasteiger partial charge in [-0.15, -0.1) is 0 Å². The van der Waals surface area contributed by atoms with Crippen molar-refractivity contribution in [1.29, 1.82) is 0 Å². The molecule has 0 fully saturated rings. The third kappa shape index (κ3) is 4.89. The Labute approximate surface area is 203 Å². The molecule has 0 aliphatic rings. The first kappa shape index (κ1) is 23.7. The van der Waals surface area contributed by atoms with E-state index in [0.29, 0.717) is 0 Å². The number of halogens is 1. The molecule has 0 radical (unpaired) electrons. The molecule has 4 rings (SSSR count). The van der Waals surface area contributed by atoms with Gasteiger partial charge in [-0.25, -0.2) is 17.8 Å². The van der Waals surface area contributed by atoms with E-state index >= 15 is 0 Å². The summed E-state index contributed by atoms with van der Waals surface area (Å²) in [6, 6.07) is 23.5. The molecule has 1 N–H and O–H groups in total. The van der Waals surface area contributed by atoms with Crippen LogP contribution in [0.4, 0.5) is 0 Å². The lowest BCUT2D eigenvalue weighted by Gasteiger charge is -2.18. The maximum absolute atomic E-state index is 13.3. The minimum atomic E-state index is -3.72. The third-order valence-corrected chi connectivity index (χ3v) is 7.10. The normalized spacial score (nSPS) is 11.4. The van der Waals surface area contributed by atoms with Crippen LogP contribution in [0.15, 0.2) is 90.0 Å². The summed E-state index contributed by atoms with van der Waals surface area (Å²) in [6.45, 7) is 0.245. The molecular formula is C25H23ClN4O3S. The number of para-hydroxylation sites is 1. The lowest BCUT2D eigenvalue weighted by atomic mass is 10.1. The van der Waals surface area contributed by atoms with Crippen LogP contribution in [-0.4, -0.2) is 43.1 Å². The van der Waals surface area contributed by atoms with Gasteiger partial charge in [0.05, 0.1) is 26.9 Å². The molecule has 3 aromatic carbocycles. The number of rotatable bonds is 7. The Morgan fingerprint density at radius 3 is 2.32 bits per heavy atom. The predicted molar refractivity (Wildman–Crippen MR) is 132 cm³/mol. The standard InChI is InChI=1S/C25H23ClN4O3S/c1-27-34(32,33)21-13-14-23(26)22(15-21)25(31)29(2)16-19-17-30(20-11-7-4-8-12-20)28-24(19)18-9-5-3-6-10-18/h3-15,17,27H,16H2,1-2H3. The van der Waals surface area contributed by atoms with Crippen LogP contribution in [0.5, 0.6) is 0 Å². The maximum atomic E-state index is 13.3. The van der Waals surface area contributed by atoms with Crippen LogP contribution >= 0.6 is 11.6 Å². The highest BCUT2D eigenvalue weighted by atomic mass is 35.5. The number of nitrogens with zero attached hydrogens (tertiary/aromatic N) is 3. The smallest absolute Gasteiger partial charge is 0.255 e. The SMILES string of the molecule is CNS(=O)(=O)c1ccc(Cl)c(C(=O)N(C)Cc2cn(-c3ccccc3)nc2-c2ccccc2)c1. The molecule has 1 heterocycles. The molecule has 9 heteroatoms. The van der Waals surface area contributed by atoms with Crippen molar-refractivity contribution >= 4 is 27.5 Å². The van der Waals surface area contributed by atoms with Crippen LogP contribution in [-0.2, 0) is 16.6 Å². The highest BCUT2D eigenvalue weighted by Gasteiger charge is 2.22. The van der Waals surface area contributed by atoms with E-state index in [2.05, 4.69) is 4.72 Å². The summed E-state index contributed by atoms with van der Waals surface area (Å²) in [4.78, 5) is 14.7. The summed E-state index contributed by atoms with van der Waals surface area (Å²) < 4.78 is 28.4.